The molecular formula is C16H14N2O4. The van der Waals surface area contributed by atoms with Crippen LogP contribution in [0.15, 0.2) is 41.0 Å². The predicted molar refractivity (Wildman–Crippen MR) is 78.1 cm³/mol. The van der Waals surface area contributed by atoms with Crippen molar-refractivity contribution < 1.29 is 18.7 Å². The number of anilines is 1. The van der Waals surface area contributed by atoms with E-state index < -0.39 is 18.0 Å². The number of carbonyl (C=O) groups excluding carboxylic acids is 2. The molecule has 0 spiro atoms. The van der Waals surface area contributed by atoms with Crippen molar-refractivity contribution in [2.75, 3.05) is 5.32 Å². The fourth-order valence-corrected chi connectivity index (χ4v) is 1.78. The number of furan rings is 1. The van der Waals surface area contributed by atoms with Crippen molar-refractivity contribution in [3.05, 3.63) is 53.5 Å². The Labute approximate surface area is 127 Å². The molecule has 0 unspecified atom stereocenters. The second-order valence-electron chi connectivity index (χ2n) is 4.62. The number of nitriles is 1. The number of rotatable bonds is 4. The lowest BCUT2D eigenvalue weighted by Crippen LogP contribution is -2.30. The first-order valence-corrected chi connectivity index (χ1v) is 6.57. The first kappa shape index (κ1) is 15.3. The van der Waals surface area contributed by atoms with Crippen LogP contribution < -0.4 is 5.32 Å². The molecule has 0 saturated heterocycles. The van der Waals surface area contributed by atoms with Gasteiger partial charge in [-0.15, -0.1) is 0 Å². The van der Waals surface area contributed by atoms with E-state index in [0.29, 0.717) is 17.0 Å². The molecule has 0 aliphatic carbocycles. The summed E-state index contributed by atoms with van der Waals surface area (Å²) >= 11 is 0. The van der Waals surface area contributed by atoms with Crippen molar-refractivity contribution in [2.45, 2.75) is 20.0 Å². The van der Waals surface area contributed by atoms with Gasteiger partial charge in [0.1, 0.15) is 11.3 Å². The van der Waals surface area contributed by atoms with Gasteiger partial charge in [-0.3, -0.25) is 4.79 Å². The number of nitrogens with one attached hydrogen (secondary N) is 1. The highest BCUT2D eigenvalue weighted by molar-refractivity contribution is 5.97. The van der Waals surface area contributed by atoms with E-state index in [1.54, 1.807) is 25.1 Å². The molecule has 112 valence electrons. The summed E-state index contributed by atoms with van der Waals surface area (Å²) in [7, 11) is 0. The zero-order valence-corrected chi connectivity index (χ0v) is 12.1. The van der Waals surface area contributed by atoms with Crippen LogP contribution in [0.1, 0.15) is 28.6 Å². The Morgan fingerprint density at radius 2 is 2.14 bits per heavy atom. The monoisotopic (exact) mass is 298 g/mol. The molecule has 1 heterocycles. The maximum Gasteiger partial charge on any atom is 0.342 e. The van der Waals surface area contributed by atoms with E-state index in [1.807, 2.05) is 6.07 Å². The average Bonchev–Trinajstić information content (AvgIpc) is 2.93. The smallest absolute Gasteiger partial charge is 0.342 e. The molecule has 6 nitrogen and oxygen atoms in total. The minimum Gasteiger partial charge on any atom is -0.469 e. The van der Waals surface area contributed by atoms with Crippen LogP contribution in [0.4, 0.5) is 5.69 Å². The number of nitrogens with zero attached hydrogens (tertiary/aromatic N) is 1. The van der Waals surface area contributed by atoms with Crippen LogP contribution >= 0.6 is 0 Å². The van der Waals surface area contributed by atoms with Gasteiger partial charge < -0.3 is 14.5 Å². The zero-order valence-electron chi connectivity index (χ0n) is 12.1. The lowest BCUT2D eigenvalue weighted by Gasteiger charge is -2.13. The van der Waals surface area contributed by atoms with Gasteiger partial charge in [-0.2, -0.15) is 5.26 Å². The highest BCUT2D eigenvalue weighted by Gasteiger charge is 2.21. The zero-order chi connectivity index (χ0) is 16.1. The second kappa shape index (κ2) is 6.59. The van der Waals surface area contributed by atoms with E-state index in [-0.39, 0.29) is 5.56 Å². The number of esters is 1. The molecule has 0 radical (unpaired) electrons. The third-order valence-corrected chi connectivity index (χ3v) is 2.99. The van der Waals surface area contributed by atoms with Crippen LogP contribution in [0, 0.1) is 18.3 Å². The summed E-state index contributed by atoms with van der Waals surface area (Å²) in [5.74, 6) is -0.677. The molecule has 0 aliphatic rings. The van der Waals surface area contributed by atoms with Gasteiger partial charge in [0.25, 0.3) is 5.91 Å². The van der Waals surface area contributed by atoms with E-state index in [0.717, 1.165) is 0 Å². The first-order chi connectivity index (χ1) is 10.5. The van der Waals surface area contributed by atoms with E-state index in [4.69, 9.17) is 14.4 Å². The minimum absolute atomic E-state index is 0.283. The number of aryl methyl sites for hydroxylation is 1. The standard InChI is InChI=1S/C16H14N2O4/c1-10-14(6-7-21-10)16(20)22-11(2)15(19)18-13-5-3-4-12(8-13)9-17/h3-8,11H,1-2H3,(H,18,19)/t11-/m0/s1. The number of carbonyl (C=O) groups is 2. The van der Waals surface area contributed by atoms with Crippen LogP contribution in [0.25, 0.3) is 0 Å². The van der Waals surface area contributed by atoms with Gasteiger partial charge in [-0.1, -0.05) is 6.07 Å². The topological polar surface area (TPSA) is 92.3 Å². The lowest BCUT2D eigenvalue weighted by molar-refractivity contribution is -0.123. The highest BCUT2D eigenvalue weighted by atomic mass is 16.5. The van der Waals surface area contributed by atoms with Crippen molar-refractivity contribution >= 4 is 17.6 Å². The second-order valence-corrected chi connectivity index (χ2v) is 4.62. The molecule has 0 bridgehead atoms. The largest absolute Gasteiger partial charge is 0.469 e. The Morgan fingerprint density at radius 1 is 1.36 bits per heavy atom. The van der Waals surface area contributed by atoms with Gasteiger partial charge in [0.2, 0.25) is 0 Å². The van der Waals surface area contributed by atoms with Crippen LogP contribution in [0.5, 0.6) is 0 Å². The summed E-state index contributed by atoms with van der Waals surface area (Å²) in [5, 5.41) is 11.4. The van der Waals surface area contributed by atoms with Crippen molar-refractivity contribution in [3.63, 3.8) is 0 Å². The molecule has 0 aliphatic heterocycles. The van der Waals surface area contributed by atoms with Crippen LogP contribution in [-0.2, 0) is 9.53 Å². The Morgan fingerprint density at radius 3 is 2.77 bits per heavy atom. The van der Waals surface area contributed by atoms with Gasteiger partial charge >= 0.3 is 5.97 Å². The van der Waals surface area contributed by atoms with Crippen LogP contribution in [0.2, 0.25) is 0 Å². The Kier molecular flexibility index (Phi) is 4.59. The van der Waals surface area contributed by atoms with Gasteiger partial charge in [-0.05, 0) is 38.1 Å². The van der Waals surface area contributed by atoms with Gasteiger partial charge in [0.15, 0.2) is 6.10 Å². The molecular weight excluding hydrogens is 284 g/mol. The molecule has 1 aromatic heterocycles. The number of benzene rings is 1. The summed E-state index contributed by atoms with van der Waals surface area (Å²) < 4.78 is 10.1. The minimum atomic E-state index is -0.979. The van der Waals surface area contributed by atoms with E-state index in [1.165, 1.54) is 25.3 Å². The van der Waals surface area contributed by atoms with E-state index in [9.17, 15) is 9.59 Å². The Bertz CT molecular complexity index is 743. The molecule has 1 atom stereocenters. The molecule has 1 N–H and O–H groups in total. The maximum atomic E-state index is 12.0. The molecule has 1 aromatic carbocycles. The fraction of sp³-hybridized carbons (Fsp3) is 0.188. The third-order valence-electron chi connectivity index (χ3n) is 2.99. The number of hydrogen-bond acceptors (Lipinski definition) is 5. The lowest BCUT2D eigenvalue weighted by atomic mass is 10.2. The first-order valence-electron chi connectivity index (χ1n) is 6.57. The summed E-state index contributed by atoms with van der Waals surface area (Å²) in [5.41, 5.74) is 1.18. The SMILES string of the molecule is Cc1occc1C(=O)O[C@@H](C)C(=O)Nc1cccc(C#N)c1. The van der Waals surface area contributed by atoms with E-state index >= 15 is 0 Å². The highest BCUT2D eigenvalue weighted by Crippen LogP contribution is 2.13. The summed E-state index contributed by atoms with van der Waals surface area (Å²) in [6.07, 6.45) is 0.400. The number of amides is 1. The number of ether oxygens (including phenoxy) is 1. The normalized spacial score (nSPS) is 11.3. The van der Waals surface area contributed by atoms with Crippen molar-refractivity contribution in [2.24, 2.45) is 0 Å². The van der Waals surface area contributed by atoms with Crippen molar-refractivity contribution in [1.82, 2.24) is 0 Å². The summed E-state index contributed by atoms with van der Waals surface area (Å²) in [4.78, 5) is 23.9. The molecule has 1 amide bonds. The molecule has 2 aromatic rings. The van der Waals surface area contributed by atoms with Crippen molar-refractivity contribution in [1.29, 1.82) is 5.26 Å². The molecule has 6 heteroatoms. The molecule has 0 fully saturated rings. The van der Waals surface area contributed by atoms with Crippen molar-refractivity contribution in [3.8, 4) is 6.07 Å². The predicted octanol–water partition coefficient (Wildman–Crippen LogP) is 2.64. The average molecular weight is 298 g/mol. The van der Waals surface area contributed by atoms with E-state index in [2.05, 4.69) is 5.32 Å². The molecule has 22 heavy (non-hydrogen) atoms. The quantitative estimate of drug-likeness (QED) is 0.876. The molecule has 2 rings (SSSR count). The maximum absolute atomic E-state index is 12.0. The van der Waals surface area contributed by atoms with Crippen LogP contribution in [-0.4, -0.2) is 18.0 Å². The Balaban J connectivity index is 1.99. The third kappa shape index (κ3) is 3.52. The summed E-state index contributed by atoms with van der Waals surface area (Å²) in [6, 6.07) is 9.92. The van der Waals surface area contributed by atoms with Gasteiger partial charge in [0, 0.05) is 5.69 Å². The number of hydrogen-bond donors (Lipinski definition) is 1. The molecule has 0 saturated carbocycles. The summed E-state index contributed by atoms with van der Waals surface area (Å²) in [6.45, 7) is 3.10. The van der Waals surface area contributed by atoms with Gasteiger partial charge in [0.05, 0.1) is 17.9 Å². The Hall–Kier alpha value is -3.07. The van der Waals surface area contributed by atoms with Gasteiger partial charge in [-0.25, -0.2) is 4.79 Å². The van der Waals surface area contributed by atoms with Crippen LogP contribution in [0.3, 0.4) is 0 Å². The fourth-order valence-electron chi connectivity index (χ4n) is 1.78.